The minimum absolute atomic E-state index is 0.125. The Bertz CT molecular complexity index is 736. The Balaban J connectivity index is 1.74. The topological polar surface area (TPSA) is 60.7 Å². The molecule has 3 rings (SSSR count). The van der Waals surface area contributed by atoms with Crippen LogP contribution in [0.3, 0.4) is 0 Å². The third-order valence-corrected chi connectivity index (χ3v) is 7.82. The van der Waals surface area contributed by atoms with Gasteiger partial charge < -0.3 is 15.3 Å². The van der Waals surface area contributed by atoms with E-state index >= 15 is 0 Å². The van der Waals surface area contributed by atoms with Crippen LogP contribution < -0.4 is 0 Å². The van der Waals surface area contributed by atoms with Crippen molar-refractivity contribution in [2.45, 2.75) is 97.4 Å². The molecule has 168 valence electrons. The van der Waals surface area contributed by atoms with Crippen molar-refractivity contribution < 1.29 is 15.3 Å². The average Bonchev–Trinajstić information content (AvgIpc) is 3.00. The summed E-state index contributed by atoms with van der Waals surface area (Å²) in [5.74, 6) is 1.17. The summed E-state index contributed by atoms with van der Waals surface area (Å²) in [6.45, 7) is 10.5. The first-order chi connectivity index (χ1) is 14.0. The number of aliphatic hydroxyl groups excluding tert-OH is 2. The Morgan fingerprint density at radius 3 is 2.63 bits per heavy atom. The van der Waals surface area contributed by atoms with Crippen LogP contribution in [0, 0.1) is 23.2 Å². The average molecular weight is 415 g/mol. The van der Waals surface area contributed by atoms with Crippen molar-refractivity contribution in [3.63, 3.8) is 0 Å². The van der Waals surface area contributed by atoms with Crippen LogP contribution in [0.2, 0.25) is 0 Å². The molecule has 30 heavy (non-hydrogen) atoms. The number of hydrogen-bond acceptors (Lipinski definition) is 3. The van der Waals surface area contributed by atoms with Crippen molar-refractivity contribution >= 4 is 0 Å². The molecule has 2 fully saturated rings. The van der Waals surface area contributed by atoms with Crippen LogP contribution >= 0.6 is 0 Å². The number of fused-ring (bicyclic) bond motifs is 1. The standard InChI is InChI=1S/C27H42O3/c1-18(8-6-14-26(3,4)30)23-12-13-24-20(9-7-15-27(23,24)5)10-11-21-16-22(28)17-25(29)19(21)2/h6,10-12,14,18-19,22,24-25,28-30H,7-9,13,15-17H2,1-5H3/b14-6+,20-10+,21-11-/t18-,19?,22-,24?,25+,27-/m1/s1. The lowest BCUT2D eigenvalue weighted by molar-refractivity contribution is 0.0333. The van der Waals surface area contributed by atoms with Crippen molar-refractivity contribution in [1.29, 1.82) is 0 Å². The lowest BCUT2D eigenvalue weighted by atomic mass is 9.62. The second-order valence-electron chi connectivity index (χ2n) is 10.8. The van der Waals surface area contributed by atoms with Crippen LogP contribution in [0.5, 0.6) is 0 Å². The molecule has 0 spiro atoms. The molecule has 3 nitrogen and oxygen atoms in total. The highest BCUT2D eigenvalue weighted by atomic mass is 16.3. The molecule has 3 aliphatic carbocycles. The number of rotatable bonds is 5. The Hall–Kier alpha value is -1.16. The highest BCUT2D eigenvalue weighted by molar-refractivity contribution is 5.35. The van der Waals surface area contributed by atoms with E-state index in [0.29, 0.717) is 24.7 Å². The molecule has 0 amide bonds. The first-order valence-corrected chi connectivity index (χ1v) is 11.9. The molecule has 0 heterocycles. The lowest BCUT2D eigenvalue weighted by Crippen LogP contribution is -2.33. The molecule has 3 aliphatic rings. The molecule has 0 aromatic carbocycles. The van der Waals surface area contributed by atoms with E-state index in [-0.39, 0.29) is 11.3 Å². The molecule has 3 N–H and O–H groups in total. The van der Waals surface area contributed by atoms with Crippen LogP contribution in [-0.4, -0.2) is 33.1 Å². The summed E-state index contributed by atoms with van der Waals surface area (Å²) in [4.78, 5) is 0. The highest BCUT2D eigenvalue weighted by Gasteiger charge is 2.45. The van der Waals surface area contributed by atoms with Crippen molar-refractivity contribution in [3.05, 3.63) is 47.1 Å². The van der Waals surface area contributed by atoms with Gasteiger partial charge in [-0.25, -0.2) is 0 Å². The smallest absolute Gasteiger partial charge is 0.0771 e. The summed E-state index contributed by atoms with van der Waals surface area (Å²) in [6, 6.07) is 0. The second-order valence-corrected chi connectivity index (χ2v) is 10.8. The summed E-state index contributed by atoms with van der Waals surface area (Å²) < 4.78 is 0. The largest absolute Gasteiger partial charge is 0.393 e. The Morgan fingerprint density at radius 2 is 1.93 bits per heavy atom. The predicted octanol–water partition coefficient (Wildman–Crippen LogP) is 5.48. The predicted molar refractivity (Wildman–Crippen MR) is 124 cm³/mol. The van der Waals surface area contributed by atoms with E-state index in [1.807, 2.05) is 19.9 Å². The van der Waals surface area contributed by atoms with Crippen LogP contribution in [0.25, 0.3) is 0 Å². The fraction of sp³-hybridized carbons (Fsp3) is 0.704. The van der Waals surface area contributed by atoms with Gasteiger partial charge in [0.25, 0.3) is 0 Å². The van der Waals surface area contributed by atoms with Crippen LogP contribution in [0.15, 0.2) is 47.1 Å². The number of hydrogen-bond donors (Lipinski definition) is 3. The van der Waals surface area contributed by atoms with Crippen molar-refractivity contribution in [1.82, 2.24) is 0 Å². The maximum atomic E-state index is 10.2. The van der Waals surface area contributed by atoms with Gasteiger partial charge in [0, 0.05) is 12.3 Å². The monoisotopic (exact) mass is 414 g/mol. The third kappa shape index (κ3) is 5.18. The number of aliphatic hydroxyl groups is 3. The fourth-order valence-electron chi connectivity index (χ4n) is 6.01. The van der Waals surface area contributed by atoms with E-state index in [1.54, 1.807) is 5.57 Å². The summed E-state index contributed by atoms with van der Waals surface area (Å²) in [5.41, 5.74) is 3.77. The van der Waals surface area contributed by atoms with Crippen LogP contribution in [0.1, 0.15) is 79.6 Å². The van der Waals surface area contributed by atoms with Crippen molar-refractivity contribution in [3.8, 4) is 0 Å². The first kappa shape index (κ1) is 23.5. The van der Waals surface area contributed by atoms with E-state index in [1.165, 1.54) is 24.0 Å². The summed E-state index contributed by atoms with van der Waals surface area (Å²) in [5, 5.41) is 30.2. The molecule has 3 heteroatoms. The molecular weight excluding hydrogens is 372 g/mol. The molecule has 0 bridgehead atoms. The van der Waals surface area contributed by atoms with E-state index in [0.717, 1.165) is 19.3 Å². The minimum atomic E-state index is -0.748. The Morgan fingerprint density at radius 1 is 1.23 bits per heavy atom. The lowest BCUT2D eigenvalue weighted by Gasteiger charge is -2.42. The van der Waals surface area contributed by atoms with Crippen molar-refractivity contribution in [2.75, 3.05) is 0 Å². The first-order valence-electron chi connectivity index (χ1n) is 11.9. The Kier molecular flexibility index (Phi) is 7.16. The van der Waals surface area contributed by atoms with E-state index < -0.39 is 17.8 Å². The molecule has 0 radical (unpaired) electrons. The molecule has 0 aromatic heterocycles. The van der Waals surface area contributed by atoms with Gasteiger partial charge in [-0.3, -0.25) is 0 Å². The minimum Gasteiger partial charge on any atom is -0.393 e. The van der Waals surface area contributed by atoms with Gasteiger partial charge in [0.2, 0.25) is 0 Å². The van der Waals surface area contributed by atoms with E-state index in [9.17, 15) is 15.3 Å². The fourth-order valence-corrected chi connectivity index (χ4v) is 6.01. The van der Waals surface area contributed by atoms with E-state index in [2.05, 4.69) is 45.1 Å². The van der Waals surface area contributed by atoms with Gasteiger partial charge >= 0.3 is 0 Å². The molecule has 0 saturated heterocycles. The summed E-state index contributed by atoms with van der Waals surface area (Å²) >= 11 is 0. The van der Waals surface area contributed by atoms with Gasteiger partial charge in [-0.2, -0.15) is 0 Å². The van der Waals surface area contributed by atoms with Crippen LogP contribution in [0.4, 0.5) is 0 Å². The molecule has 6 atom stereocenters. The van der Waals surface area contributed by atoms with Gasteiger partial charge in [0.1, 0.15) is 0 Å². The van der Waals surface area contributed by atoms with Crippen LogP contribution in [-0.2, 0) is 0 Å². The normalized spacial score (nSPS) is 38.9. The summed E-state index contributed by atoms with van der Waals surface area (Å²) in [6.07, 6.45) is 17.0. The van der Waals surface area contributed by atoms with Crippen molar-refractivity contribution in [2.24, 2.45) is 23.2 Å². The quantitative estimate of drug-likeness (QED) is 0.522. The molecule has 0 aliphatic heterocycles. The molecular formula is C27H42O3. The molecule has 2 saturated carbocycles. The van der Waals surface area contributed by atoms with Gasteiger partial charge in [0.05, 0.1) is 17.8 Å². The van der Waals surface area contributed by atoms with Gasteiger partial charge in [-0.05, 0) is 69.6 Å². The van der Waals surface area contributed by atoms with E-state index in [4.69, 9.17) is 0 Å². The Labute approximate surface area is 183 Å². The molecule has 2 unspecified atom stereocenters. The highest BCUT2D eigenvalue weighted by Crippen LogP contribution is 2.57. The zero-order valence-corrected chi connectivity index (χ0v) is 19.6. The maximum Gasteiger partial charge on any atom is 0.0771 e. The zero-order chi connectivity index (χ0) is 22.1. The third-order valence-electron chi connectivity index (χ3n) is 7.82. The molecule has 0 aromatic rings. The van der Waals surface area contributed by atoms with Gasteiger partial charge in [-0.1, -0.05) is 67.9 Å². The maximum absolute atomic E-state index is 10.2. The SMILES string of the molecule is CC1/C(=C\C=C2/CCC[C@]3(C)C([C@H](C)C/C=C/C(C)(C)O)=CCC23)C[C@@H](O)C[C@@H]1O. The van der Waals surface area contributed by atoms with Gasteiger partial charge in [-0.15, -0.1) is 0 Å². The second kappa shape index (κ2) is 9.14. The number of allylic oxidation sites excluding steroid dienone is 6. The zero-order valence-electron chi connectivity index (χ0n) is 19.6. The van der Waals surface area contributed by atoms with Gasteiger partial charge in [0.15, 0.2) is 0 Å². The summed E-state index contributed by atoms with van der Waals surface area (Å²) in [7, 11) is 0.